The maximum absolute atomic E-state index is 12.3. The van der Waals surface area contributed by atoms with E-state index in [1.807, 2.05) is 38.1 Å². The van der Waals surface area contributed by atoms with Gasteiger partial charge in [0.05, 0.1) is 18.8 Å². The zero-order valence-corrected chi connectivity index (χ0v) is 14.6. The van der Waals surface area contributed by atoms with Gasteiger partial charge in [0, 0.05) is 17.2 Å². The third-order valence-electron chi connectivity index (χ3n) is 3.80. The lowest BCUT2D eigenvalue weighted by Gasteiger charge is -2.25. The fourth-order valence-electron chi connectivity index (χ4n) is 2.47. The molecular weight excluding hydrogens is 311 g/mol. The molecule has 0 amide bonds. The van der Waals surface area contributed by atoms with E-state index >= 15 is 0 Å². The molecule has 1 aromatic heterocycles. The number of rotatable bonds is 8. The molecule has 1 aromatic rings. The van der Waals surface area contributed by atoms with E-state index in [9.17, 15) is 9.46 Å². The highest BCUT2D eigenvalue weighted by atomic mass is 31.2. The summed E-state index contributed by atoms with van der Waals surface area (Å²) in [5.41, 5.74) is 2.01. The van der Waals surface area contributed by atoms with Gasteiger partial charge in [-0.3, -0.25) is 9.55 Å². The largest absolute Gasteiger partial charge is 0.383 e. The SMILES string of the molecule is CCCCOP(=O)(O)C1=CC=C(NCc2ccccn2)CC1C. The van der Waals surface area contributed by atoms with Crippen LogP contribution in [0.1, 0.15) is 38.8 Å². The van der Waals surface area contributed by atoms with Gasteiger partial charge in [-0.25, -0.2) is 0 Å². The molecule has 0 saturated carbocycles. The molecule has 0 fully saturated rings. The van der Waals surface area contributed by atoms with Crippen molar-refractivity contribution in [2.75, 3.05) is 6.61 Å². The molecule has 6 heteroatoms. The Morgan fingerprint density at radius 1 is 1.43 bits per heavy atom. The average Bonchev–Trinajstić information content (AvgIpc) is 2.54. The van der Waals surface area contributed by atoms with Crippen LogP contribution in [-0.2, 0) is 15.6 Å². The Morgan fingerprint density at radius 3 is 2.91 bits per heavy atom. The summed E-state index contributed by atoms with van der Waals surface area (Å²) < 4.78 is 17.6. The standard InChI is InChI=1S/C17H25N2O3P/c1-3-4-11-22-23(20,21)17-9-8-15(12-14(17)2)19-13-16-7-5-6-10-18-16/h5-10,14,19H,3-4,11-13H2,1-2H3,(H,20,21). The molecule has 0 saturated heterocycles. The minimum atomic E-state index is -3.68. The molecule has 0 radical (unpaired) electrons. The second-order valence-corrected chi connectivity index (χ2v) is 7.59. The number of nitrogens with zero attached hydrogens (tertiary/aromatic N) is 1. The lowest BCUT2D eigenvalue weighted by Crippen LogP contribution is -2.19. The first-order valence-corrected chi connectivity index (χ1v) is 9.63. The molecule has 126 valence electrons. The molecule has 23 heavy (non-hydrogen) atoms. The average molecular weight is 336 g/mol. The van der Waals surface area contributed by atoms with Crippen LogP contribution in [0.4, 0.5) is 0 Å². The minimum Gasteiger partial charge on any atom is -0.383 e. The Balaban J connectivity index is 1.97. The second kappa shape index (κ2) is 8.44. The monoisotopic (exact) mass is 336 g/mol. The van der Waals surface area contributed by atoms with Gasteiger partial charge < -0.3 is 14.7 Å². The number of unbranched alkanes of at least 4 members (excludes halogenated alkanes) is 1. The molecular formula is C17H25N2O3P. The van der Waals surface area contributed by atoms with Crippen LogP contribution in [-0.4, -0.2) is 16.5 Å². The summed E-state index contributed by atoms with van der Waals surface area (Å²) in [6.45, 7) is 4.94. The van der Waals surface area contributed by atoms with Crippen LogP contribution in [0, 0.1) is 5.92 Å². The normalized spacial score (nSPS) is 20.4. The van der Waals surface area contributed by atoms with Crippen molar-refractivity contribution in [3.8, 4) is 0 Å². The van der Waals surface area contributed by atoms with Crippen molar-refractivity contribution in [2.24, 2.45) is 5.92 Å². The molecule has 2 atom stereocenters. The molecule has 0 bridgehead atoms. The van der Waals surface area contributed by atoms with Crippen molar-refractivity contribution in [2.45, 2.75) is 39.7 Å². The third-order valence-corrected chi connectivity index (χ3v) is 5.57. The van der Waals surface area contributed by atoms with E-state index in [4.69, 9.17) is 4.52 Å². The first-order chi connectivity index (χ1) is 11.0. The van der Waals surface area contributed by atoms with E-state index in [1.54, 1.807) is 12.3 Å². The lowest BCUT2D eigenvalue weighted by atomic mass is 10.00. The fourth-order valence-corrected chi connectivity index (χ4v) is 3.91. The highest BCUT2D eigenvalue weighted by Gasteiger charge is 2.31. The number of allylic oxidation sites excluding steroid dienone is 4. The van der Waals surface area contributed by atoms with E-state index in [0.717, 1.165) is 24.2 Å². The summed E-state index contributed by atoms with van der Waals surface area (Å²) in [6, 6.07) is 5.80. The Morgan fingerprint density at radius 2 is 2.26 bits per heavy atom. The van der Waals surface area contributed by atoms with Gasteiger partial charge in [0.25, 0.3) is 0 Å². The van der Waals surface area contributed by atoms with Crippen molar-refractivity contribution in [1.29, 1.82) is 0 Å². The van der Waals surface area contributed by atoms with Crippen LogP contribution in [0.2, 0.25) is 0 Å². The fraction of sp³-hybridized carbons (Fsp3) is 0.471. The van der Waals surface area contributed by atoms with Crippen LogP contribution in [0.25, 0.3) is 0 Å². The first-order valence-electron chi connectivity index (χ1n) is 8.05. The Bertz CT molecular complexity index is 614. The summed E-state index contributed by atoms with van der Waals surface area (Å²) in [7, 11) is -3.68. The number of hydrogen-bond donors (Lipinski definition) is 2. The van der Waals surface area contributed by atoms with Crippen LogP contribution in [0.5, 0.6) is 0 Å². The molecule has 2 N–H and O–H groups in total. The molecule has 0 aromatic carbocycles. The Hall–Kier alpha value is -1.42. The molecule has 0 spiro atoms. The Kier molecular flexibility index (Phi) is 6.58. The van der Waals surface area contributed by atoms with Gasteiger partial charge in [-0.2, -0.15) is 0 Å². The maximum atomic E-state index is 12.3. The van der Waals surface area contributed by atoms with Gasteiger partial charge >= 0.3 is 7.60 Å². The Labute approximate surface area is 138 Å². The molecule has 1 aliphatic rings. The van der Waals surface area contributed by atoms with Crippen molar-refractivity contribution in [3.63, 3.8) is 0 Å². The number of pyridine rings is 1. The quantitative estimate of drug-likeness (QED) is 0.555. The van der Waals surface area contributed by atoms with E-state index in [1.165, 1.54) is 0 Å². The predicted molar refractivity (Wildman–Crippen MR) is 91.7 cm³/mol. The third kappa shape index (κ3) is 5.31. The van der Waals surface area contributed by atoms with Crippen molar-refractivity contribution >= 4 is 7.60 Å². The van der Waals surface area contributed by atoms with Crippen molar-refractivity contribution in [1.82, 2.24) is 10.3 Å². The van der Waals surface area contributed by atoms with E-state index in [-0.39, 0.29) is 5.92 Å². The lowest BCUT2D eigenvalue weighted by molar-refractivity contribution is 0.258. The van der Waals surface area contributed by atoms with Gasteiger partial charge in [-0.15, -0.1) is 0 Å². The van der Waals surface area contributed by atoms with Crippen LogP contribution >= 0.6 is 7.60 Å². The van der Waals surface area contributed by atoms with Gasteiger partial charge in [0.2, 0.25) is 0 Å². The summed E-state index contributed by atoms with van der Waals surface area (Å²) in [6.07, 6.45) is 7.78. The molecule has 2 rings (SSSR count). The zero-order chi connectivity index (χ0) is 16.7. The molecule has 1 heterocycles. The molecule has 5 nitrogen and oxygen atoms in total. The molecule has 2 unspecified atom stereocenters. The van der Waals surface area contributed by atoms with E-state index in [2.05, 4.69) is 10.3 Å². The summed E-state index contributed by atoms with van der Waals surface area (Å²) in [5, 5.41) is 3.83. The van der Waals surface area contributed by atoms with Crippen molar-refractivity contribution < 1.29 is 14.0 Å². The summed E-state index contributed by atoms with van der Waals surface area (Å²) in [5.74, 6) is -0.0244. The maximum Gasteiger partial charge on any atom is 0.355 e. The highest BCUT2D eigenvalue weighted by Crippen LogP contribution is 2.55. The smallest absolute Gasteiger partial charge is 0.355 e. The van der Waals surface area contributed by atoms with Crippen LogP contribution in [0.3, 0.4) is 0 Å². The summed E-state index contributed by atoms with van der Waals surface area (Å²) >= 11 is 0. The van der Waals surface area contributed by atoms with E-state index < -0.39 is 7.60 Å². The van der Waals surface area contributed by atoms with Crippen molar-refractivity contribution in [3.05, 3.63) is 53.3 Å². The highest BCUT2D eigenvalue weighted by molar-refractivity contribution is 7.57. The van der Waals surface area contributed by atoms with Gasteiger partial charge in [0.1, 0.15) is 0 Å². The molecule has 0 aliphatic heterocycles. The van der Waals surface area contributed by atoms with Gasteiger partial charge in [-0.05, 0) is 43.0 Å². The number of nitrogens with one attached hydrogen (secondary N) is 1. The van der Waals surface area contributed by atoms with Crippen LogP contribution < -0.4 is 5.32 Å². The number of hydrogen-bond acceptors (Lipinski definition) is 4. The second-order valence-electron chi connectivity index (χ2n) is 5.77. The molecule has 1 aliphatic carbocycles. The van der Waals surface area contributed by atoms with Gasteiger partial charge in [-0.1, -0.05) is 26.3 Å². The first kappa shape index (κ1) is 17.9. The van der Waals surface area contributed by atoms with Crippen LogP contribution in [0.15, 0.2) is 47.6 Å². The van der Waals surface area contributed by atoms with E-state index in [0.29, 0.717) is 24.9 Å². The minimum absolute atomic E-state index is 0.0244. The van der Waals surface area contributed by atoms with Gasteiger partial charge in [0.15, 0.2) is 0 Å². The topological polar surface area (TPSA) is 71.5 Å². The summed E-state index contributed by atoms with van der Waals surface area (Å²) in [4.78, 5) is 14.4. The predicted octanol–water partition coefficient (Wildman–Crippen LogP) is 3.98. The zero-order valence-electron chi connectivity index (χ0n) is 13.7. The number of aromatic nitrogens is 1.